The van der Waals surface area contributed by atoms with E-state index in [1.54, 1.807) is 0 Å². The average molecular weight is 283 g/mol. The van der Waals surface area contributed by atoms with Crippen molar-refractivity contribution < 1.29 is 0 Å². The van der Waals surface area contributed by atoms with E-state index in [4.69, 9.17) is 5.73 Å². The van der Waals surface area contributed by atoms with E-state index in [2.05, 4.69) is 32.6 Å². The molecule has 2 nitrogen and oxygen atoms in total. The van der Waals surface area contributed by atoms with Crippen LogP contribution in [0.4, 0.5) is 0 Å². The fourth-order valence-electron chi connectivity index (χ4n) is 3.71. The molecule has 2 N–H and O–H groups in total. The van der Waals surface area contributed by atoms with Crippen LogP contribution in [0.25, 0.3) is 0 Å². The van der Waals surface area contributed by atoms with Crippen molar-refractivity contribution in [3.05, 3.63) is 0 Å². The van der Waals surface area contributed by atoms with Gasteiger partial charge < -0.3 is 5.73 Å². The van der Waals surface area contributed by atoms with E-state index in [0.717, 1.165) is 18.5 Å². The zero-order valence-corrected chi connectivity index (χ0v) is 14.5. The van der Waals surface area contributed by atoms with Gasteiger partial charge in [-0.25, -0.2) is 0 Å². The third kappa shape index (κ3) is 6.13. The van der Waals surface area contributed by atoms with Gasteiger partial charge in [0.1, 0.15) is 0 Å². The minimum atomic E-state index is 0.254. The van der Waals surface area contributed by atoms with Gasteiger partial charge >= 0.3 is 0 Å². The SMILES string of the molecule is CCCC1CCCC(N(CCC)CC(C)(C)CN)CC1. The van der Waals surface area contributed by atoms with E-state index in [-0.39, 0.29) is 5.41 Å². The van der Waals surface area contributed by atoms with E-state index in [1.165, 1.54) is 64.5 Å². The number of hydrogen-bond acceptors (Lipinski definition) is 2. The van der Waals surface area contributed by atoms with Crippen LogP contribution >= 0.6 is 0 Å². The molecule has 0 saturated heterocycles. The van der Waals surface area contributed by atoms with Gasteiger partial charge in [-0.1, -0.05) is 53.4 Å². The summed E-state index contributed by atoms with van der Waals surface area (Å²) >= 11 is 0. The molecule has 1 saturated carbocycles. The van der Waals surface area contributed by atoms with Crippen molar-refractivity contribution in [3.8, 4) is 0 Å². The predicted octanol–water partition coefficient (Wildman–Crippen LogP) is 4.43. The molecule has 1 fully saturated rings. The first-order valence-electron chi connectivity index (χ1n) is 8.96. The Morgan fingerprint density at radius 2 is 1.80 bits per heavy atom. The lowest BCUT2D eigenvalue weighted by molar-refractivity contribution is 0.120. The molecule has 0 heterocycles. The van der Waals surface area contributed by atoms with Gasteiger partial charge in [-0.2, -0.15) is 0 Å². The lowest BCUT2D eigenvalue weighted by Crippen LogP contribution is -2.44. The largest absolute Gasteiger partial charge is 0.330 e. The van der Waals surface area contributed by atoms with Crippen LogP contribution in [0.1, 0.15) is 79.1 Å². The minimum Gasteiger partial charge on any atom is -0.330 e. The summed E-state index contributed by atoms with van der Waals surface area (Å²) in [6, 6.07) is 0.808. The molecule has 120 valence electrons. The monoisotopic (exact) mass is 282 g/mol. The summed E-state index contributed by atoms with van der Waals surface area (Å²) in [7, 11) is 0. The van der Waals surface area contributed by atoms with Crippen molar-refractivity contribution in [3.63, 3.8) is 0 Å². The Labute approximate surface area is 127 Å². The number of nitrogens with two attached hydrogens (primary N) is 1. The third-order valence-electron chi connectivity index (χ3n) is 4.97. The molecule has 1 aliphatic carbocycles. The normalized spacial score (nSPS) is 24.9. The Kier molecular flexibility index (Phi) is 8.13. The second-order valence-electron chi connectivity index (χ2n) is 7.66. The van der Waals surface area contributed by atoms with E-state index < -0.39 is 0 Å². The smallest absolute Gasteiger partial charge is 0.00955 e. The topological polar surface area (TPSA) is 29.3 Å². The summed E-state index contributed by atoms with van der Waals surface area (Å²) in [6.07, 6.45) is 11.2. The van der Waals surface area contributed by atoms with Crippen molar-refractivity contribution in [2.45, 2.75) is 85.1 Å². The van der Waals surface area contributed by atoms with E-state index in [1.807, 2.05) is 0 Å². The second-order valence-corrected chi connectivity index (χ2v) is 7.66. The first-order valence-corrected chi connectivity index (χ1v) is 8.96. The number of rotatable bonds is 8. The van der Waals surface area contributed by atoms with Gasteiger partial charge in [0, 0.05) is 12.6 Å². The highest BCUT2D eigenvalue weighted by atomic mass is 15.2. The van der Waals surface area contributed by atoms with Crippen LogP contribution in [-0.2, 0) is 0 Å². The van der Waals surface area contributed by atoms with Gasteiger partial charge in [0.25, 0.3) is 0 Å². The Balaban J connectivity index is 2.57. The van der Waals surface area contributed by atoms with Crippen LogP contribution in [0.5, 0.6) is 0 Å². The quantitative estimate of drug-likeness (QED) is 0.667. The summed E-state index contributed by atoms with van der Waals surface area (Å²) in [5, 5.41) is 0. The molecule has 0 aromatic heterocycles. The molecule has 1 aliphatic rings. The van der Waals surface area contributed by atoms with Crippen LogP contribution in [-0.4, -0.2) is 30.6 Å². The molecule has 0 aromatic rings. The second kappa shape index (κ2) is 9.04. The van der Waals surface area contributed by atoms with Gasteiger partial charge in [0.05, 0.1) is 0 Å². The van der Waals surface area contributed by atoms with Gasteiger partial charge in [0.2, 0.25) is 0 Å². The van der Waals surface area contributed by atoms with E-state index in [9.17, 15) is 0 Å². The number of hydrogen-bond donors (Lipinski definition) is 1. The fourth-order valence-corrected chi connectivity index (χ4v) is 3.71. The van der Waals surface area contributed by atoms with Crippen LogP contribution in [0.2, 0.25) is 0 Å². The maximum atomic E-state index is 5.95. The number of nitrogens with zero attached hydrogens (tertiary/aromatic N) is 1. The average Bonchev–Trinajstić information content (AvgIpc) is 2.64. The first kappa shape index (κ1) is 18.0. The molecule has 0 aliphatic heterocycles. The molecule has 2 unspecified atom stereocenters. The lowest BCUT2D eigenvalue weighted by atomic mass is 9.91. The fraction of sp³-hybridized carbons (Fsp3) is 1.00. The van der Waals surface area contributed by atoms with Gasteiger partial charge in [-0.3, -0.25) is 4.90 Å². The van der Waals surface area contributed by atoms with Gasteiger partial charge in [-0.15, -0.1) is 0 Å². The highest BCUT2D eigenvalue weighted by molar-refractivity contribution is 4.82. The zero-order chi connectivity index (χ0) is 15.0. The standard InChI is InChI=1S/C18H38N2/c1-5-8-16-9-7-10-17(12-11-16)20(13-6-2)15-18(3,4)14-19/h16-17H,5-15,19H2,1-4H3. The molecule has 0 spiro atoms. The molecular formula is C18H38N2. The summed E-state index contributed by atoms with van der Waals surface area (Å²) in [5.41, 5.74) is 6.20. The Hall–Kier alpha value is -0.0800. The molecular weight excluding hydrogens is 244 g/mol. The van der Waals surface area contributed by atoms with Gasteiger partial charge in [-0.05, 0) is 50.1 Å². The maximum absolute atomic E-state index is 5.95. The van der Waals surface area contributed by atoms with Crippen molar-refractivity contribution >= 4 is 0 Å². The van der Waals surface area contributed by atoms with Crippen molar-refractivity contribution in [1.82, 2.24) is 4.90 Å². The Morgan fingerprint density at radius 3 is 2.40 bits per heavy atom. The summed E-state index contributed by atoms with van der Waals surface area (Å²) in [6.45, 7) is 12.5. The van der Waals surface area contributed by atoms with Crippen molar-refractivity contribution in [2.24, 2.45) is 17.1 Å². The van der Waals surface area contributed by atoms with Crippen LogP contribution in [0.3, 0.4) is 0 Å². The van der Waals surface area contributed by atoms with Crippen molar-refractivity contribution in [2.75, 3.05) is 19.6 Å². The highest BCUT2D eigenvalue weighted by Gasteiger charge is 2.27. The molecule has 2 atom stereocenters. The Morgan fingerprint density at radius 1 is 1.05 bits per heavy atom. The molecule has 0 aromatic carbocycles. The van der Waals surface area contributed by atoms with E-state index >= 15 is 0 Å². The third-order valence-corrected chi connectivity index (χ3v) is 4.97. The summed E-state index contributed by atoms with van der Waals surface area (Å²) in [5.74, 6) is 0.996. The molecule has 2 heteroatoms. The lowest BCUT2D eigenvalue weighted by Gasteiger charge is -2.37. The highest BCUT2D eigenvalue weighted by Crippen LogP contribution is 2.30. The van der Waals surface area contributed by atoms with Crippen LogP contribution < -0.4 is 5.73 Å². The van der Waals surface area contributed by atoms with Crippen LogP contribution in [0, 0.1) is 11.3 Å². The molecule has 0 radical (unpaired) electrons. The predicted molar refractivity (Wildman–Crippen MR) is 90.0 cm³/mol. The van der Waals surface area contributed by atoms with E-state index in [0.29, 0.717) is 0 Å². The molecule has 0 bridgehead atoms. The van der Waals surface area contributed by atoms with Crippen molar-refractivity contribution in [1.29, 1.82) is 0 Å². The molecule has 0 amide bonds. The van der Waals surface area contributed by atoms with Gasteiger partial charge in [0.15, 0.2) is 0 Å². The maximum Gasteiger partial charge on any atom is 0.00955 e. The summed E-state index contributed by atoms with van der Waals surface area (Å²) < 4.78 is 0. The summed E-state index contributed by atoms with van der Waals surface area (Å²) in [4.78, 5) is 2.75. The van der Waals surface area contributed by atoms with Crippen LogP contribution in [0.15, 0.2) is 0 Å². The zero-order valence-electron chi connectivity index (χ0n) is 14.5. The molecule has 1 rings (SSSR count). The first-order chi connectivity index (χ1) is 9.52. The minimum absolute atomic E-state index is 0.254. The molecule has 20 heavy (non-hydrogen) atoms. The Bertz CT molecular complexity index is 250.